The number of rotatable bonds is 6. The third kappa shape index (κ3) is 3.08. The Morgan fingerprint density at radius 2 is 2.43 bits per heavy atom. The van der Waals surface area contributed by atoms with Crippen LogP contribution >= 0.6 is 11.3 Å². The van der Waals surface area contributed by atoms with E-state index in [0.717, 1.165) is 19.5 Å². The molecule has 2 nitrogen and oxygen atoms in total. The molecule has 14 heavy (non-hydrogen) atoms. The first-order valence-electron chi connectivity index (χ1n) is 5.26. The fourth-order valence-corrected chi connectivity index (χ4v) is 2.27. The van der Waals surface area contributed by atoms with Gasteiger partial charge in [-0.1, -0.05) is 0 Å². The molecule has 2 rings (SSSR count). The Hall–Kier alpha value is -0.380. The molecule has 0 radical (unpaired) electrons. The average molecular weight is 211 g/mol. The van der Waals surface area contributed by atoms with Crippen LogP contribution in [0.5, 0.6) is 0 Å². The summed E-state index contributed by atoms with van der Waals surface area (Å²) >= 11 is 1.74. The molecule has 0 aliphatic heterocycles. The molecule has 1 aromatic heterocycles. The first-order valence-corrected chi connectivity index (χ1v) is 6.20. The van der Waals surface area contributed by atoms with Crippen LogP contribution in [-0.2, 0) is 6.42 Å². The van der Waals surface area contributed by atoms with E-state index in [2.05, 4.69) is 22.1 Å². The molecule has 0 aromatic carbocycles. The van der Waals surface area contributed by atoms with Gasteiger partial charge in [-0.2, -0.15) is 11.3 Å². The Kier molecular flexibility index (Phi) is 3.56. The number of nitrogens with one attached hydrogen (secondary N) is 1. The second-order valence-electron chi connectivity index (χ2n) is 3.99. The number of aliphatic hydroxyl groups excluding tert-OH is 1. The van der Waals surface area contributed by atoms with Crippen molar-refractivity contribution in [2.45, 2.75) is 25.4 Å². The molecule has 2 N–H and O–H groups in total. The fraction of sp³-hybridized carbons (Fsp3) is 0.636. The van der Waals surface area contributed by atoms with Gasteiger partial charge in [0.05, 0.1) is 6.10 Å². The summed E-state index contributed by atoms with van der Waals surface area (Å²) in [5.74, 6) is 0.587. The second-order valence-corrected chi connectivity index (χ2v) is 4.77. The van der Waals surface area contributed by atoms with Crippen LogP contribution < -0.4 is 5.32 Å². The third-order valence-corrected chi connectivity index (χ3v) is 3.42. The Labute approximate surface area is 89.0 Å². The van der Waals surface area contributed by atoms with Crippen molar-refractivity contribution in [2.75, 3.05) is 13.1 Å². The molecule has 1 aliphatic carbocycles. The predicted molar refractivity (Wildman–Crippen MR) is 59.6 cm³/mol. The first-order chi connectivity index (χ1) is 6.86. The van der Waals surface area contributed by atoms with Crippen molar-refractivity contribution < 1.29 is 5.11 Å². The van der Waals surface area contributed by atoms with Crippen LogP contribution in [0.25, 0.3) is 0 Å². The molecule has 1 atom stereocenters. The van der Waals surface area contributed by atoms with Crippen LogP contribution in [0.15, 0.2) is 16.8 Å². The van der Waals surface area contributed by atoms with Gasteiger partial charge in [0.25, 0.3) is 0 Å². The Balaban J connectivity index is 1.54. The van der Waals surface area contributed by atoms with E-state index in [1.165, 1.54) is 18.4 Å². The van der Waals surface area contributed by atoms with E-state index >= 15 is 0 Å². The Bertz CT molecular complexity index is 256. The van der Waals surface area contributed by atoms with E-state index in [9.17, 15) is 5.11 Å². The average Bonchev–Trinajstić information content (AvgIpc) is 2.92. The van der Waals surface area contributed by atoms with E-state index in [4.69, 9.17) is 0 Å². The fourth-order valence-electron chi connectivity index (χ4n) is 1.57. The third-order valence-electron chi connectivity index (χ3n) is 2.69. The second kappa shape index (κ2) is 4.91. The van der Waals surface area contributed by atoms with Gasteiger partial charge in [-0.15, -0.1) is 0 Å². The number of aliphatic hydroxyl groups is 1. The van der Waals surface area contributed by atoms with E-state index in [1.54, 1.807) is 11.3 Å². The molecule has 1 heterocycles. The van der Waals surface area contributed by atoms with Crippen molar-refractivity contribution in [1.82, 2.24) is 5.32 Å². The van der Waals surface area contributed by atoms with Gasteiger partial charge in [0.2, 0.25) is 0 Å². The van der Waals surface area contributed by atoms with Crippen molar-refractivity contribution in [1.29, 1.82) is 0 Å². The molecule has 0 saturated heterocycles. The summed E-state index contributed by atoms with van der Waals surface area (Å²) in [4.78, 5) is 0. The number of hydrogen-bond donors (Lipinski definition) is 2. The summed E-state index contributed by atoms with van der Waals surface area (Å²) in [5.41, 5.74) is 1.39. The molecule has 78 valence electrons. The van der Waals surface area contributed by atoms with Crippen LogP contribution in [0.3, 0.4) is 0 Å². The minimum Gasteiger partial charge on any atom is -0.392 e. The summed E-state index contributed by atoms with van der Waals surface area (Å²) in [7, 11) is 0. The van der Waals surface area contributed by atoms with Gasteiger partial charge in [0.1, 0.15) is 0 Å². The summed E-state index contributed by atoms with van der Waals surface area (Å²) in [6, 6.07) is 2.16. The standard InChI is InChI=1S/C11H17NOS/c13-11(10-1-2-10)7-12-5-3-9-4-6-14-8-9/h4,6,8,10-13H,1-3,5,7H2. The monoisotopic (exact) mass is 211 g/mol. The van der Waals surface area contributed by atoms with Gasteiger partial charge in [-0.05, 0) is 54.1 Å². The van der Waals surface area contributed by atoms with E-state index < -0.39 is 0 Å². The molecule has 1 unspecified atom stereocenters. The SMILES string of the molecule is OC(CNCCc1ccsc1)C1CC1. The predicted octanol–water partition coefficient (Wildman–Crippen LogP) is 1.65. The molecule has 3 heteroatoms. The smallest absolute Gasteiger partial charge is 0.0692 e. The van der Waals surface area contributed by atoms with Gasteiger partial charge in [0, 0.05) is 6.54 Å². The molecular formula is C11H17NOS. The maximum Gasteiger partial charge on any atom is 0.0692 e. The van der Waals surface area contributed by atoms with Gasteiger partial charge in [0.15, 0.2) is 0 Å². The lowest BCUT2D eigenvalue weighted by atomic mass is 10.2. The van der Waals surface area contributed by atoms with E-state index in [1.807, 2.05) is 0 Å². The van der Waals surface area contributed by atoms with E-state index in [0.29, 0.717) is 5.92 Å². The zero-order chi connectivity index (χ0) is 9.80. The van der Waals surface area contributed by atoms with Crippen molar-refractivity contribution >= 4 is 11.3 Å². The highest BCUT2D eigenvalue weighted by atomic mass is 32.1. The van der Waals surface area contributed by atoms with Gasteiger partial charge in [-0.3, -0.25) is 0 Å². The summed E-state index contributed by atoms with van der Waals surface area (Å²) in [6.45, 7) is 1.73. The molecule has 1 saturated carbocycles. The maximum absolute atomic E-state index is 9.59. The minimum absolute atomic E-state index is 0.113. The molecular weight excluding hydrogens is 194 g/mol. The molecule has 1 aliphatic rings. The minimum atomic E-state index is -0.113. The van der Waals surface area contributed by atoms with Crippen LogP contribution in [0.1, 0.15) is 18.4 Å². The van der Waals surface area contributed by atoms with Gasteiger partial charge < -0.3 is 10.4 Å². The molecule has 1 fully saturated rings. The zero-order valence-electron chi connectivity index (χ0n) is 8.28. The van der Waals surface area contributed by atoms with Crippen molar-refractivity contribution in [3.63, 3.8) is 0 Å². The molecule has 0 spiro atoms. The number of hydrogen-bond acceptors (Lipinski definition) is 3. The summed E-state index contributed by atoms with van der Waals surface area (Å²) in [5, 5.41) is 17.2. The van der Waals surface area contributed by atoms with Crippen molar-refractivity contribution in [2.24, 2.45) is 5.92 Å². The molecule has 1 aromatic rings. The topological polar surface area (TPSA) is 32.3 Å². The summed E-state index contributed by atoms with van der Waals surface area (Å²) < 4.78 is 0. The Morgan fingerprint density at radius 3 is 3.07 bits per heavy atom. The summed E-state index contributed by atoms with van der Waals surface area (Å²) in [6.07, 6.45) is 3.39. The van der Waals surface area contributed by atoms with Crippen LogP contribution in [-0.4, -0.2) is 24.3 Å². The highest BCUT2D eigenvalue weighted by Crippen LogP contribution is 2.32. The number of thiophene rings is 1. The van der Waals surface area contributed by atoms with Crippen LogP contribution in [0.4, 0.5) is 0 Å². The first kappa shape index (κ1) is 10.1. The zero-order valence-corrected chi connectivity index (χ0v) is 9.09. The van der Waals surface area contributed by atoms with Crippen molar-refractivity contribution in [3.8, 4) is 0 Å². The largest absolute Gasteiger partial charge is 0.392 e. The van der Waals surface area contributed by atoms with Gasteiger partial charge in [-0.25, -0.2) is 0 Å². The van der Waals surface area contributed by atoms with Crippen molar-refractivity contribution in [3.05, 3.63) is 22.4 Å². The van der Waals surface area contributed by atoms with Crippen LogP contribution in [0.2, 0.25) is 0 Å². The lowest BCUT2D eigenvalue weighted by Crippen LogP contribution is -2.29. The quantitative estimate of drug-likeness (QED) is 0.701. The van der Waals surface area contributed by atoms with E-state index in [-0.39, 0.29) is 6.10 Å². The lowest BCUT2D eigenvalue weighted by Gasteiger charge is -2.09. The maximum atomic E-state index is 9.59. The molecule has 0 bridgehead atoms. The normalized spacial score (nSPS) is 18.4. The Morgan fingerprint density at radius 1 is 1.57 bits per heavy atom. The molecule has 0 amide bonds. The lowest BCUT2D eigenvalue weighted by molar-refractivity contribution is 0.149. The van der Waals surface area contributed by atoms with Crippen LogP contribution in [0, 0.1) is 5.92 Å². The highest BCUT2D eigenvalue weighted by Gasteiger charge is 2.28. The van der Waals surface area contributed by atoms with Gasteiger partial charge >= 0.3 is 0 Å². The highest BCUT2D eigenvalue weighted by molar-refractivity contribution is 7.07.